The molecule has 0 unspecified atom stereocenters. The summed E-state index contributed by atoms with van der Waals surface area (Å²) in [6.07, 6.45) is 9.23. The van der Waals surface area contributed by atoms with Gasteiger partial charge < -0.3 is 0 Å². The molecular weight excluding hydrogens is 304 g/mol. The first kappa shape index (κ1) is 12.7. The van der Waals surface area contributed by atoms with E-state index in [1.54, 1.807) is 16.9 Å². The van der Waals surface area contributed by atoms with Crippen LogP contribution in [-0.4, -0.2) is 5.33 Å². The predicted molar refractivity (Wildman–Crippen MR) is 77.7 cm³/mol. The molecule has 16 heavy (non-hydrogen) atoms. The van der Waals surface area contributed by atoms with E-state index in [2.05, 4.69) is 28.1 Å². The van der Waals surface area contributed by atoms with Crippen molar-refractivity contribution in [3.63, 3.8) is 0 Å². The van der Waals surface area contributed by atoms with Crippen LogP contribution in [0.2, 0.25) is 5.02 Å². The maximum atomic E-state index is 5.94. The van der Waals surface area contributed by atoms with Crippen LogP contribution in [-0.2, 0) is 0 Å². The van der Waals surface area contributed by atoms with Crippen molar-refractivity contribution in [1.29, 1.82) is 0 Å². The standard InChI is InChI=1S/C13H16BrClS/c14-8-11(10-4-2-1-3-5-10)6-13-7-12(15)9-16-13/h6-7,9-10H,1-5,8H2. The van der Waals surface area contributed by atoms with Gasteiger partial charge in [0.15, 0.2) is 0 Å². The summed E-state index contributed by atoms with van der Waals surface area (Å²) in [4.78, 5) is 1.28. The Hall–Kier alpha value is 0.210. The van der Waals surface area contributed by atoms with Gasteiger partial charge in [-0.3, -0.25) is 0 Å². The van der Waals surface area contributed by atoms with Crippen LogP contribution < -0.4 is 0 Å². The first-order valence-electron chi connectivity index (χ1n) is 5.80. The predicted octanol–water partition coefficient (Wildman–Crippen LogP) is 5.76. The number of rotatable bonds is 3. The molecule has 0 aliphatic heterocycles. The maximum Gasteiger partial charge on any atom is 0.0519 e. The molecule has 0 bridgehead atoms. The van der Waals surface area contributed by atoms with Crippen molar-refractivity contribution < 1.29 is 0 Å². The molecule has 2 rings (SSSR count). The summed E-state index contributed by atoms with van der Waals surface area (Å²) < 4.78 is 0. The Balaban J connectivity index is 2.11. The molecule has 0 atom stereocenters. The number of alkyl halides is 1. The van der Waals surface area contributed by atoms with E-state index in [4.69, 9.17) is 11.6 Å². The molecule has 0 spiro atoms. The van der Waals surface area contributed by atoms with Gasteiger partial charge in [0.05, 0.1) is 5.02 Å². The summed E-state index contributed by atoms with van der Waals surface area (Å²) in [6, 6.07) is 2.05. The normalized spacial score (nSPS) is 19.0. The zero-order valence-corrected chi connectivity index (χ0v) is 12.4. The molecule has 3 heteroatoms. The Morgan fingerprint density at radius 3 is 2.75 bits per heavy atom. The number of allylic oxidation sites excluding steroid dienone is 1. The van der Waals surface area contributed by atoms with Gasteiger partial charge in [0, 0.05) is 15.6 Å². The highest BCUT2D eigenvalue weighted by Crippen LogP contribution is 2.33. The molecular formula is C13H16BrClS. The zero-order valence-electron chi connectivity index (χ0n) is 9.22. The van der Waals surface area contributed by atoms with E-state index >= 15 is 0 Å². The van der Waals surface area contributed by atoms with Gasteiger partial charge in [0.1, 0.15) is 0 Å². The third kappa shape index (κ3) is 3.35. The second kappa shape index (κ2) is 6.23. The van der Waals surface area contributed by atoms with E-state index in [1.807, 2.05) is 5.38 Å². The van der Waals surface area contributed by atoms with Gasteiger partial charge in [-0.25, -0.2) is 0 Å². The largest absolute Gasteiger partial charge is 0.143 e. The van der Waals surface area contributed by atoms with Crippen molar-refractivity contribution in [3.05, 3.63) is 26.9 Å². The molecule has 1 fully saturated rings. The fourth-order valence-corrected chi connectivity index (χ4v) is 3.99. The maximum absolute atomic E-state index is 5.94. The monoisotopic (exact) mass is 318 g/mol. The second-order valence-electron chi connectivity index (χ2n) is 4.36. The third-order valence-corrected chi connectivity index (χ3v) is 5.07. The molecule has 0 aromatic carbocycles. The molecule has 0 radical (unpaired) electrons. The Morgan fingerprint density at radius 2 is 2.19 bits per heavy atom. The Kier molecular flexibility index (Phi) is 4.93. The van der Waals surface area contributed by atoms with Crippen molar-refractivity contribution in [2.45, 2.75) is 32.1 Å². The fourth-order valence-electron chi connectivity index (χ4n) is 2.33. The molecule has 1 aliphatic rings. The summed E-state index contributed by atoms with van der Waals surface area (Å²) in [7, 11) is 0. The van der Waals surface area contributed by atoms with Crippen molar-refractivity contribution >= 4 is 44.9 Å². The Morgan fingerprint density at radius 1 is 1.44 bits per heavy atom. The molecule has 1 aliphatic carbocycles. The molecule has 0 amide bonds. The van der Waals surface area contributed by atoms with Crippen molar-refractivity contribution in [2.75, 3.05) is 5.33 Å². The molecule has 0 saturated heterocycles. The Bertz CT molecular complexity index is 364. The average Bonchev–Trinajstić information content (AvgIpc) is 2.73. The average molecular weight is 320 g/mol. The summed E-state index contributed by atoms with van der Waals surface area (Å²) >= 11 is 11.3. The fraction of sp³-hybridized carbons (Fsp3) is 0.538. The molecule has 88 valence electrons. The van der Waals surface area contributed by atoms with Crippen molar-refractivity contribution in [1.82, 2.24) is 0 Å². The highest BCUT2D eigenvalue weighted by Gasteiger charge is 2.17. The molecule has 1 aromatic heterocycles. The number of thiophene rings is 1. The minimum atomic E-state index is 0.786. The topological polar surface area (TPSA) is 0 Å². The Labute approximate surface area is 115 Å². The molecule has 0 nitrogen and oxygen atoms in total. The molecule has 1 saturated carbocycles. The molecule has 0 N–H and O–H groups in total. The van der Waals surface area contributed by atoms with Gasteiger partial charge in [-0.1, -0.05) is 52.4 Å². The van der Waals surface area contributed by atoms with E-state index in [1.165, 1.54) is 37.0 Å². The van der Waals surface area contributed by atoms with Gasteiger partial charge in [-0.05, 0) is 30.9 Å². The molecule has 1 heterocycles. The first-order valence-corrected chi connectivity index (χ1v) is 8.18. The van der Waals surface area contributed by atoms with Gasteiger partial charge in [0.2, 0.25) is 0 Å². The highest BCUT2D eigenvalue weighted by molar-refractivity contribution is 9.09. The zero-order chi connectivity index (χ0) is 11.4. The van der Waals surface area contributed by atoms with Crippen LogP contribution in [0.15, 0.2) is 17.0 Å². The van der Waals surface area contributed by atoms with E-state index in [0.717, 1.165) is 16.3 Å². The third-order valence-electron chi connectivity index (χ3n) is 3.20. The summed E-state index contributed by atoms with van der Waals surface area (Å²) in [5.74, 6) is 0.786. The number of hydrogen-bond donors (Lipinski definition) is 0. The quantitative estimate of drug-likeness (QED) is 0.621. The van der Waals surface area contributed by atoms with E-state index < -0.39 is 0 Å². The first-order chi connectivity index (χ1) is 7.79. The lowest BCUT2D eigenvalue weighted by Crippen LogP contribution is -2.09. The highest BCUT2D eigenvalue weighted by atomic mass is 79.9. The number of hydrogen-bond acceptors (Lipinski definition) is 1. The lowest BCUT2D eigenvalue weighted by molar-refractivity contribution is 0.406. The van der Waals surface area contributed by atoms with Gasteiger partial charge in [-0.15, -0.1) is 11.3 Å². The minimum Gasteiger partial charge on any atom is -0.143 e. The van der Waals surface area contributed by atoms with E-state index in [-0.39, 0.29) is 0 Å². The SMILES string of the molecule is Clc1csc(C=C(CBr)C2CCCCC2)c1. The van der Waals surface area contributed by atoms with Crippen LogP contribution in [0.1, 0.15) is 37.0 Å². The van der Waals surface area contributed by atoms with Crippen LogP contribution in [0, 0.1) is 5.92 Å². The van der Waals surface area contributed by atoms with Crippen LogP contribution in [0.25, 0.3) is 6.08 Å². The van der Waals surface area contributed by atoms with Crippen molar-refractivity contribution in [3.8, 4) is 0 Å². The van der Waals surface area contributed by atoms with Crippen LogP contribution in [0.3, 0.4) is 0 Å². The second-order valence-corrected chi connectivity index (χ2v) is 6.30. The summed E-state index contributed by atoms with van der Waals surface area (Å²) in [5, 5.41) is 3.85. The lowest BCUT2D eigenvalue weighted by atomic mass is 9.84. The summed E-state index contributed by atoms with van der Waals surface area (Å²) in [5.41, 5.74) is 1.54. The smallest absolute Gasteiger partial charge is 0.0519 e. The van der Waals surface area contributed by atoms with Crippen LogP contribution in [0.5, 0.6) is 0 Å². The van der Waals surface area contributed by atoms with Crippen molar-refractivity contribution in [2.24, 2.45) is 5.92 Å². The minimum absolute atomic E-state index is 0.786. The molecule has 1 aromatic rings. The van der Waals surface area contributed by atoms with E-state index in [0.29, 0.717) is 0 Å². The lowest BCUT2D eigenvalue weighted by Gasteiger charge is -2.23. The van der Waals surface area contributed by atoms with Gasteiger partial charge in [-0.2, -0.15) is 0 Å². The van der Waals surface area contributed by atoms with Crippen LogP contribution >= 0.6 is 38.9 Å². The number of halogens is 2. The van der Waals surface area contributed by atoms with E-state index in [9.17, 15) is 0 Å². The van der Waals surface area contributed by atoms with Gasteiger partial charge >= 0.3 is 0 Å². The van der Waals surface area contributed by atoms with Gasteiger partial charge in [0.25, 0.3) is 0 Å². The van der Waals surface area contributed by atoms with Crippen LogP contribution in [0.4, 0.5) is 0 Å². The summed E-state index contributed by atoms with van der Waals surface area (Å²) in [6.45, 7) is 0.